The Labute approximate surface area is 120 Å². The number of hydrogen-bond acceptors (Lipinski definition) is 4. The Kier molecular flexibility index (Phi) is 4.24. The highest BCUT2D eigenvalue weighted by Gasteiger charge is 2.13. The second kappa shape index (κ2) is 5.90. The fourth-order valence-electron chi connectivity index (χ4n) is 1.58. The summed E-state index contributed by atoms with van der Waals surface area (Å²) in [6.45, 7) is 1.90. The van der Waals surface area contributed by atoms with Gasteiger partial charge >= 0.3 is 0 Å². The number of aromatic nitrogens is 1. The summed E-state index contributed by atoms with van der Waals surface area (Å²) in [6.07, 6.45) is 1.72. The molecule has 0 saturated carbocycles. The van der Waals surface area contributed by atoms with E-state index < -0.39 is 0 Å². The molecule has 4 nitrogen and oxygen atoms in total. The second-order valence-electron chi connectivity index (χ2n) is 4.01. The highest BCUT2D eigenvalue weighted by molar-refractivity contribution is 7.80. The van der Waals surface area contributed by atoms with Crippen molar-refractivity contribution < 1.29 is 4.79 Å². The minimum atomic E-state index is -0.141. The van der Waals surface area contributed by atoms with E-state index in [9.17, 15) is 4.79 Å². The molecule has 0 aliphatic rings. The number of nitrogens with zero attached hydrogens (tertiary/aromatic N) is 1. The second-order valence-corrected chi connectivity index (χ2v) is 5.37. The summed E-state index contributed by atoms with van der Waals surface area (Å²) in [6, 6.07) is 6.79. The maximum atomic E-state index is 12.0. The molecule has 1 heterocycles. The topological polar surface area (TPSA) is 68.0 Å². The van der Waals surface area contributed by atoms with Gasteiger partial charge in [0, 0.05) is 22.7 Å². The van der Waals surface area contributed by atoms with Gasteiger partial charge in [0.05, 0.1) is 6.04 Å². The third kappa shape index (κ3) is 3.36. The van der Waals surface area contributed by atoms with Gasteiger partial charge < -0.3 is 11.1 Å². The third-order valence-corrected chi connectivity index (χ3v) is 3.80. The van der Waals surface area contributed by atoms with Crippen molar-refractivity contribution in [2.45, 2.75) is 13.0 Å². The maximum absolute atomic E-state index is 12.0. The molecular weight excluding hydrogens is 278 g/mol. The van der Waals surface area contributed by atoms with E-state index in [1.165, 1.54) is 11.3 Å². The number of hydrogen-bond donors (Lipinski definition) is 2. The van der Waals surface area contributed by atoms with Crippen LogP contribution in [0.2, 0.25) is 0 Å². The highest BCUT2D eigenvalue weighted by atomic mass is 32.1. The van der Waals surface area contributed by atoms with Gasteiger partial charge in [-0.05, 0) is 19.1 Å². The minimum absolute atomic E-state index is 0.109. The first kappa shape index (κ1) is 13.6. The van der Waals surface area contributed by atoms with Crippen LogP contribution in [0.25, 0.3) is 0 Å². The van der Waals surface area contributed by atoms with Crippen LogP contribution in [0.5, 0.6) is 0 Å². The standard InChI is InChI=1S/C13H13N3OS2/c1-8(13-15-6-7-19-13)16-12(17)10-4-2-9(3-5-10)11(14)18/h2-8H,1H3,(H2,14,18)(H,16,17). The first-order valence-corrected chi connectivity index (χ1v) is 6.97. The number of thiocarbonyl (C=S) groups is 1. The van der Waals surface area contributed by atoms with E-state index in [1.807, 2.05) is 12.3 Å². The van der Waals surface area contributed by atoms with Crippen molar-refractivity contribution in [2.24, 2.45) is 5.73 Å². The molecule has 0 aliphatic heterocycles. The number of thiazole rings is 1. The molecule has 6 heteroatoms. The van der Waals surface area contributed by atoms with E-state index in [0.717, 1.165) is 10.6 Å². The van der Waals surface area contributed by atoms with Gasteiger partial charge in [-0.2, -0.15) is 0 Å². The Morgan fingerprint density at radius 3 is 2.53 bits per heavy atom. The summed E-state index contributed by atoms with van der Waals surface area (Å²) >= 11 is 6.38. The lowest BCUT2D eigenvalue weighted by molar-refractivity contribution is 0.0940. The first-order chi connectivity index (χ1) is 9.08. The molecule has 98 valence electrons. The molecule has 0 bridgehead atoms. The quantitative estimate of drug-likeness (QED) is 0.848. The monoisotopic (exact) mass is 291 g/mol. The SMILES string of the molecule is CC(NC(=O)c1ccc(C(N)=S)cc1)c1nccs1. The molecule has 1 aromatic heterocycles. The predicted octanol–water partition coefficient (Wildman–Crippen LogP) is 2.27. The number of nitrogens with one attached hydrogen (secondary N) is 1. The Bertz CT molecular complexity index is 578. The van der Waals surface area contributed by atoms with Crippen LogP contribution in [-0.4, -0.2) is 15.9 Å². The summed E-state index contributed by atoms with van der Waals surface area (Å²) in [5, 5.41) is 5.66. The van der Waals surface area contributed by atoms with Gasteiger partial charge in [-0.1, -0.05) is 24.4 Å². The van der Waals surface area contributed by atoms with E-state index in [1.54, 1.807) is 30.5 Å². The van der Waals surface area contributed by atoms with E-state index in [0.29, 0.717) is 10.6 Å². The highest BCUT2D eigenvalue weighted by Crippen LogP contribution is 2.15. The molecule has 0 aliphatic carbocycles. The van der Waals surface area contributed by atoms with Gasteiger partial charge in [0.15, 0.2) is 0 Å². The van der Waals surface area contributed by atoms with Crippen LogP contribution < -0.4 is 11.1 Å². The minimum Gasteiger partial charge on any atom is -0.389 e. The Hall–Kier alpha value is -1.79. The largest absolute Gasteiger partial charge is 0.389 e. The summed E-state index contributed by atoms with van der Waals surface area (Å²) in [5.74, 6) is -0.141. The van der Waals surface area contributed by atoms with E-state index in [-0.39, 0.29) is 11.9 Å². The lowest BCUT2D eigenvalue weighted by atomic mass is 10.1. The molecule has 0 spiro atoms. The average molecular weight is 291 g/mol. The van der Waals surface area contributed by atoms with E-state index in [2.05, 4.69) is 10.3 Å². The van der Waals surface area contributed by atoms with Crippen molar-refractivity contribution in [1.82, 2.24) is 10.3 Å². The predicted molar refractivity (Wildman–Crippen MR) is 80.3 cm³/mol. The van der Waals surface area contributed by atoms with Crippen LogP contribution in [-0.2, 0) is 0 Å². The molecule has 1 amide bonds. The smallest absolute Gasteiger partial charge is 0.251 e. The van der Waals surface area contributed by atoms with Gasteiger partial charge in [-0.3, -0.25) is 4.79 Å². The molecular formula is C13H13N3OS2. The zero-order valence-corrected chi connectivity index (χ0v) is 11.9. The molecule has 0 fully saturated rings. The van der Waals surface area contributed by atoms with Gasteiger partial charge in [0.25, 0.3) is 5.91 Å². The molecule has 0 radical (unpaired) electrons. The van der Waals surface area contributed by atoms with Gasteiger partial charge in [0.2, 0.25) is 0 Å². The van der Waals surface area contributed by atoms with Crippen LogP contribution in [0.3, 0.4) is 0 Å². The zero-order chi connectivity index (χ0) is 13.8. The van der Waals surface area contributed by atoms with Gasteiger partial charge in [-0.25, -0.2) is 4.98 Å². The van der Waals surface area contributed by atoms with E-state index >= 15 is 0 Å². The number of rotatable bonds is 4. The van der Waals surface area contributed by atoms with Crippen molar-refractivity contribution in [3.8, 4) is 0 Å². The first-order valence-electron chi connectivity index (χ1n) is 5.68. The number of nitrogens with two attached hydrogens (primary N) is 1. The normalized spacial score (nSPS) is 11.8. The molecule has 1 unspecified atom stereocenters. The van der Waals surface area contributed by atoms with Crippen LogP contribution in [0, 0.1) is 0 Å². The molecule has 2 aromatic rings. The number of amides is 1. The molecule has 1 atom stereocenters. The van der Waals surface area contributed by atoms with Crippen LogP contribution >= 0.6 is 23.6 Å². The maximum Gasteiger partial charge on any atom is 0.251 e. The summed E-state index contributed by atoms with van der Waals surface area (Å²) in [4.78, 5) is 16.5. The van der Waals surface area contributed by atoms with Crippen LogP contribution in [0.15, 0.2) is 35.8 Å². The lowest BCUT2D eigenvalue weighted by Gasteiger charge is -2.11. The molecule has 1 aromatic carbocycles. The Morgan fingerprint density at radius 2 is 2.00 bits per heavy atom. The van der Waals surface area contributed by atoms with Crippen molar-refractivity contribution >= 4 is 34.5 Å². The van der Waals surface area contributed by atoms with Crippen LogP contribution in [0.4, 0.5) is 0 Å². The fourth-order valence-corrected chi connectivity index (χ4v) is 2.36. The average Bonchev–Trinajstić information content (AvgIpc) is 2.92. The summed E-state index contributed by atoms with van der Waals surface area (Å²) in [7, 11) is 0. The van der Waals surface area contributed by atoms with Gasteiger partial charge in [0.1, 0.15) is 10.00 Å². The molecule has 2 rings (SSSR count). The Balaban J connectivity index is 2.05. The zero-order valence-electron chi connectivity index (χ0n) is 10.3. The number of carbonyl (C=O) groups excluding carboxylic acids is 1. The van der Waals surface area contributed by atoms with Crippen LogP contribution in [0.1, 0.15) is 33.9 Å². The summed E-state index contributed by atoms with van der Waals surface area (Å²) < 4.78 is 0. The van der Waals surface area contributed by atoms with Crippen molar-refractivity contribution in [1.29, 1.82) is 0 Å². The summed E-state index contributed by atoms with van der Waals surface area (Å²) in [5.41, 5.74) is 6.83. The van der Waals surface area contributed by atoms with Crippen molar-refractivity contribution in [2.75, 3.05) is 0 Å². The van der Waals surface area contributed by atoms with E-state index in [4.69, 9.17) is 18.0 Å². The third-order valence-electron chi connectivity index (χ3n) is 2.60. The van der Waals surface area contributed by atoms with Gasteiger partial charge in [-0.15, -0.1) is 11.3 Å². The lowest BCUT2D eigenvalue weighted by Crippen LogP contribution is -2.26. The fraction of sp³-hybridized carbons (Fsp3) is 0.154. The Morgan fingerprint density at radius 1 is 1.37 bits per heavy atom. The number of benzene rings is 1. The molecule has 0 saturated heterocycles. The molecule has 3 N–H and O–H groups in total. The number of carbonyl (C=O) groups is 1. The molecule has 19 heavy (non-hydrogen) atoms. The van der Waals surface area contributed by atoms with Crippen molar-refractivity contribution in [3.05, 3.63) is 52.0 Å². The van der Waals surface area contributed by atoms with Crippen molar-refractivity contribution in [3.63, 3.8) is 0 Å².